The van der Waals surface area contributed by atoms with E-state index in [1.54, 1.807) is 6.20 Å². The van der Waals surface area contributed by atoms with Crippen molar-refractivity contribution >= 4 is 0 Å². The first kappa shape index (κ1) is 14.5. The van der Waals surface area contributed by atoms with Gasteiger partial charge in [0.15, 0.2) is 0 Å². The number of ether oxygens (including phenoxy) is 1. The second-order valence-corrected chi connectivity index (χ2v) is 4.74. The molecule has 2 aromatic rings. The molecule has 0 radical (unpaired) electrons. The van der Waals surface area contributed by atoms with Crippen molar-refractivity contribution < 1.29 is 4.74 Å². The number of aryl methyl sites for hydroxylation is 1. The third kappa shape index (κ3) is 4.07. The topological polar surface area (TPSA) is 34.2 Å². The van der Waals surface area contributed by atoms with Crippen molar-refractivity contribution in [3.8, 4) is 11.6 Å². The Bertz CT molecular complexity index is 540. The molecule has 2 rings (SSSR count). The molecule has 0 amide bonds. The zero-order valence-corrected chi connectivity index (χ0v) is 12.2. The van der Waals surface area contributed by atoms with Gasteiger partial charge in [-0.25, -0.2) is 4.98 Å². The third-order valence-electron chi connectivity index (χ3n) is 3.12. The monoisotopic (exact) mass is 270 g/mol. The van der Waals surface area contributed by atoms with Gasteiger partial charge in [-0.3, -0.25) is 0 Å². The van der Waals surface area contributed by atoms with Gasteiger partial charge in [0.1, 0.15) is 5.75 Å². The fourth-order valence-electron chi connectivity index (χ4n) is 2.03. The largest absolute Gasteiger partial charge is 0.439 e. The maximum atomic E-state index is 5.91. The third-order valence-corrected chi connectivity index (χ3v) is 3.12. The highest BCUT2D eigenvalue weighted by atomic mass is 16.5. The van der Waals surface area contributed by atoms with Gasteiger partial charge in [-0.05, 0) is 42.6 Å². The molecule has 106 valence electrons. The normalized spacial score (nSPS) is 10.5. The Balaban J connectivity index is 2.07. The van der Waals surface area contributed by atoms with E-state index in [0.717, 1.165) is 31.7 Å². The molecule has 0 spiro atoms. The van der Waals surface area contributed by atoms with E-state index in [2.05, 4.69) is 30.2 Å². The summed E-state index contributed by atoms with van der Waals surface area (Å²) >= 11 is 0. The Labute approximate surface area is 121 Å². The second-order valence-electron chi connectivity index (χ2n) is 4.74. The zero-order chi connectivity index (χ0) is 14.2. The molecule has 0 saturated carbocycles. The Morgan fingerprint density at radius 2 is 2.00 bits per heavy atom. The standard InChI is InChI=1S/C17H22N2O/c1-3-10-18-13-14-9-11-19-17(12-14)20-16-8-6-5-7-15(16)4-2/h5-9,11-12,18H,3-4,10,13H2,1-2H3. The minimum absolute atomic E-state index is 0.654. The van der Waals surface area contributed by atoms with E-state index in [9.17, 15) is 0 Å². The van der Waals surface area contributed by atoms with Crippen molar-refractivity contribution in [2.75, 3.05) is 6.54 Å². The minimum Gasteiger partial charge on any atom is -0.439 e. The van der Waals surface area contributed by atoms with Gasteiger partial charge in [0.2, 0.25) is 5.88 Å². The SMILES string of the molecule is CCCNCc1ccnc(Oc2ccccc2CC)c1. The van der Waals surface area contributed by atoms with E-state index in [1.165, 1.54) is 11.1 Å². The molecular formula is C17H22N2O. The smallest absolute Gasteiger partial charge is 0.219 e. The number of hydrogen-bond acceptors (Lipinski definition) is 3. The number of rotatable bonds is 7. The highest BCUT2D eigenvalue weighted by molar-refractivity contribution is 5.36. The summed E-state index contributed by atoms with van der Waals surface area (Å²) in [7, 11) is 0. The van der Waals surface area contributed by atoms with Crippen molar-refractivity contribution in [2.24, 2.45) is 0 Å². The molecule has 0 saturated heterocycles. The Kier molecular flexibility index (Phi) is 5.56. The molecule has 0 aliphatic heterocycles. The summed E-state index contributed by atoms with van der Waals surface area (Å²) in [6, 6.07) is 12.1. The molecule has 0 aliphatic carbocycles. The van der Waals surface area contributed by atoms with E-state index in [4.69, 9.17) is 4.74 Å². The van der Waals surface area contributed by atoms with Crippen LogP contribution in [0.4, 0.5) is 0 Å². The summed E-state index contributed by atoms with van der Waals surface area (Å²) in [4.78, 5) is 4.29. The molecule has 1 aromatic carbocycles. The second kappa shape index (κ2) is 7.65. The number of hydrogen-bond donors (Lipinski definition) is 1. The lowest BCUT2D eigenvalue weighted by atomic mass is 10.1. The predicted molar refractivity (Wildman–Crippen MR) is 82.1 cm³/mol. The molecule has 1 heterocycles. The Morgan fingerprint density at radius 3 is 2.80 bits per heavy atom. The minimum atomic E-state index is 0.654. The van der Waals surface area contributed by atoms with Crippen LogP contribution < -0.4 is 10.1 Å². The summed E-state index contributed by atoms with van der Waals surface area (Å²) in [5.41, 5.74) is 2.39. The van der Waals surface area contributed by atoms with E-state index in [0.29, 0.717) is 5.88 Å². The predicted octanol–water partition coefficient (Wildman–Crippen LogP) is 3.94. The van der Waals surface area contributed by atoms with Crippen LogP contribution in [0.3, 0.4) is 0 Å². The van der Waals surface area contributed by atoms with Crippen molar-refractivity contribution in [3.63, 3.8) is 0 Å². The van der Waals surface area contributed by atoms with Crippen LogP contribution in [-0.4, -0.2) is 11.5 Å². The van der Waals surface area contributed by atoms with Gasteiger partial charge in [-0.15, -0.1) is 0 Å². The van der Waals surface area contributed by atoms with Crippen LogP contribution in [0.15, 0.2) is 42.6 Å². The molecule has 3 heteroatoms. The van der Waals surface area contributed by atoms with Crippen LogP contribution in [0.25, 0.3) is 0 Å². The molecule has 0 unspecified atom stereocenters. The number of pyridine rings is 1. The average molecular weight is 270 g/mol. The first-order valence-electron chi connectivity index (χ1n) is 7.25. The van der Waals surface area contributed by atoms with Crippen molar-refractivity contribution in [1.29, 1.82) is 0 Å². The molecule has 0 bridgehead atoms. The molecule has 0 aliphatic rings. The van der Waals surface area contributed by atoms with Gasteiger partial charge in [0, 0.05) is 18.8 Å². The van der Waals surface area contributed by atoms with Crippen molar-refractivity contribution in [3.05, 3.63) is 53.7 Å². The van der Waals surface area contributed by atoms with Gasteiger partial charge < -0.3 is 10.1 Å². The number of nitrogens with zero attached hydrogens (tertiary/aromatic N) is 1. The van der Waals surface area contributed by atoms with E-state index < -0.39 is 0 Å². The average Bonchev–Trinajstić information content (AvgIpc) is 2.48. The van der Waals surface area contributed by atoms with Crippen molar-refractivity contribution in [1.82, 2.24) is 10.3 Å². The van der Waals surface area contributed by atoms with Gasteiger partial charge in [-0.1, -0.05) is 32.0 Å². The van der Waals surface area contributed by atoms with Gasteiger partial charge in [0.25, 0.3) is 0 Å². The van der Waals surface area contributed by atoms with Crippen LogP contribution >= 0.6 is 0 Å². The lowest BCUT2D eigenvalue weighted by Crippen LogP contribution is -2.13. The number of nitrogens with one attached hydrogen (secondary N) is 1. The van der Waals surface area contributed by atoms with Gasteiger partial charge in [0.05, 0.1) is 0 Å². The summed E-state index contributed by atoms with van der Waals surface area (Å²) in [6.45, 7) is 6.16. The lowest BCUT2D eigenvalue weighted by Gasteiger charge is -2.10. The fraction of sp³-hybridized carbons (Fsp3) is 0.353. The van der Waals surface area contributed by atoms with Crippen LogP contribution in [0.2, 0.25) is 0 Å². The first-order chi connectivity index (χ1) is 9.83. The quantitative estimate of drug-likeness (QED) is 0.774. The van der Waals surface area contributed by atoms with Crippen LogP contribution in [-0.2, 0) is 13.0 Å². The summed E-state index contributed by atoms with van der Waals surface area (Å²) in [6.07, 6.45) is 3.89. The van der Waals surface area contributed by atoms with Crippen molar-refractivity contribution in [2.45, 2.75) is 33.2 Å². The maximum absolute atomic E-state index is 5.91. The highest BCUT2D eigenvalue weighted by Gasteiger charge is 2.04. The first-order valence-corrected chi connectivity index (χ1v) is 7.25. The molecule has 20 heavy (non-hydrogen) atoms. The summed E-state index contributed by atoms with van der Waals surface area (Å²) in [5, 5.41) is 3.38. The van der Waals surface area contributed by atoms with Crippen LogP contribution in [0.1, 0.15) is 31.4 Å². The number of para-hydroxylation sites is 1. The number of benzene rings is 1. The van der Waals surface area contributed by atoms with Gasteiger partial charge >= 0.3 is 0 Å². The molecule has 3 nitrogen and oxygen atoms in total. The van der Waals surface area contributed by atoms with Gasteiger partial charge in [-0.2, -0.15) is 0 Å². The van der Waals surface area contributed by atoms with E-state index >= 15 is 0 Å². The van der Waals surface area contributed by atoms with Crippen LogP contribution in [0, 0.1) is 0 Å². The maximum Gasteiger partial charge on any atom is 0.219 e. The Hall–Kier alpha value is -1.87. The fourth-order valence-corrected chi connectivity index (χ4v) is 2.03. The lowest BCUT2D eigenvalue weighted by molar-refractivity contribution is 0.456. The molecule has 0 atom stereocenters. The van der Waals surface area contributed by atoms with Crippen LogP contribution in [0.5, 0.6) is 11.6 Å². The Morgan fingerprint density at radius 1 is 1.15 bits per heavy atom. The highest BCUT2D eigenvalue weighted by Crippen LogP contribution is 2.24. The molecule has 0 fully saturated rings. The van der Waals surface area contributed by atoms with E-state index in [1.807, 2.05) is 30.3 Å². The summed E-state index contributed by atoms with van der Waals surface area (Å²) in [5.74, 6) is 1.54. The number of aromatic nitrogens is 1. The molecule has 1 N–H and O–H groups in total. The summed E-state index contributed by atoms with van der Waals surface area (Å²) < 4.78 is 5.91. The zero-order valence-electron chi connectivity index (χ0n) is 12.2. The molecule has 1 aromatic heterocycles. The van der Waals surface area contributed by atoms with E-state index in [-0.39, 0.29) is 0 Å². The molecular weight excluding hydrogens is 248 g/mol.